The summed E-state index contributed by atoms with van der Waals surface area (Å²) >= 11 is 0. The maximum absolute atomic E-state index is 13.0. The maximum Gasteiger partial charge on any atom is 0.163 e. The highest BCUT2D eigenvalue weighted by atomic mass is 19.1. The lowest BCUT2D eigenvalue weighted by molar-refractivity contribution is 0.0912. The van der Waals surface area contributed by atoms with Crippen molar-refractivity contribution in [2.45, 2.75) is 26.7 Å². The molecule has 14 heavy (non-hydrogen) atoms. The Morgan fingerprint density at radius 3 is 2.71 bits per heavy atom. The van der Waals surface area contributed by atoms with Crippen molar-refractivity contribution in [1.29, 1.82) is 0 Å². The van der Waals surface area contributed by atoms with Gasteiger partial charge in [-0.05, 0) is 35.6 Å². The summed E-state index contributed by atoms with van der Waals surface area (Å²) in [5.41, 5.74) is 1.52. The Labute approximate surface area is 82.9 Å². The summed E-state index contributed by atoms with van der Waals surface area (Å²) in [5.74, 6) is -0.120. The Kier molecular flexibility index (Phi) is 1.95. The van der Waals surface area contributed by atoms with Gasteiger partial charge in [0.1, 0.15) is 5.82 Å². The van der Waals surface area contributed by atoms with Crippen LogP contribution in [0.2, 0.25) is 0 Å². The molecule has 0 saturated carbocycles. The molecular weight excluding hydrogens is 179 g/mol. The summed E-state index contributed by atoms with van der Waals surface area (Å²) in [6.07, 6.45) is 1.34. The van der Waals surface area contributed by atoms with Gasteiger partial charge < -0.3 is 0 Å². The molecule has 2 heteroatoms. The van der Waals surface area contributed by atoms with E-state index in [1.54, 1.807) is 6.07 Å². The van der Waals surface area contributed by atoms with Crippen LogP contribution in [0.4, 0.5) is 4.39 Å². The third kappa shape index (κ3) is 1.57. The summed E-state index contributed by atoms with van der Waals surface area (Å²) in [7, 11) is 0. The highest BCUT2D eigenvalue weighted by Crippen LogP contribution is 2.34. The van der Waals surface area contributed by atoms with Gasteiger partial charge in [0, 0.05) is 12.0 Å². The zero-order valence-electron chi connectivity index (χ0n) is 8.43. The molecule has 0 unspecified atom stereocenters. The Morgan fingerprint density at radius 1 is 1.29 bits per heavy atom. The lowest BCUT2D eigenvalue weighted by Crippen LogP contribution is -2.26. The van der Waals surface area contributed by atoms with E-state index < -0.39 is 0 Å². The number of benzene rings is 1. The monoisotopic (exact) mass is 192 g/mol. The Hall–Kier alpha value is -1.18. The van der Waals surface area contributed by atoms with Crippen LogP contribution in [0.5, 0.6) is 0 Å². The summed E-state index contributed by atoms with van der Waals surface area (Å²) in [6.45, 7) is 4.08. The van der Waals surface area contributed by atoms with Crippen molar-refractivity contribution in [3.05, 3.63) is 35.1 Å². The fourth-order valence-electron chi connectivity index (χ4n) is 2.09. The van der Waals surface area contributed by atoms with Crippen LogP contribution in [-0.2, 0) is 6.42 Å². The van der Waals surface area contributed by atoms with Crippen LogP contribution in [0.15, 0.2) is 18.2 Å². The average Bonchev–Trinajstić information content (AvgIpc) is 2.00. The van der Waals surface area contributed by atoms with Gasteiger partial charge in [0.2, 0.25) is 0 Å². The van der Waals surface area contributed by atoms with Crippen molar-refractivity contribution in [3.8, 4) is 0 Å². The van der Waals surface area contributed by atoms with Crippen LogP contribution in [0.1, 0.15) is 36.2 Å². The first-order chi connectivity index (χ1) is 6.48. The van der Waals surface area contributed by atoms with E-state index in [-0.39, 0.29) is 17.0 Å². The number of carbonyl (C=O) groups excluding carboxylic acids is 1. The molecule has 2 rings (SSSR count). The molecule has 0 atom stereocenters. The third-order valence-electron chi connectivity index (χ3n) is 2.68. The standard InChI is InChI=1S/C12H13FO/c1-12(2)6-8-5-9(13)3-4-10(8)11(14)7-12/h3-5H,6-7H2,1-2H3. The summed E-state index contributed by atoms with van der Waals surface area (Å²) in [5, 5.41) is 0. The molecule has 1 nitrogen and oxygen atoms in total. The Morgan fingerprint density at radius 2 is 2.00 bits per heavy atom. The van der Waals surface area contributed by atoms with Gasteiger partial charge in [-0.25, -0.2) is 4.39 Å². The molecule has 0 fully saturated rings. The molecule has 0 heterocycles. The number of rotatable bonds is 0. The molecule has 0 saturated heterocycles. The lowest BCUT2D eigenvalue weighted by Gasteiger charge is -2.29. The van der Waals surface area contributed by atoms with Crippen LogP contribution in [-0.4, -0.2) is 5.78 Å². The van der Waals surface area contributed by atoms with Gasteiger partial charge >= 0.3 is 0 Å². The van der Waals surface area contributed by atoms with Gasteiger partial charge in [-0.1, -0.05) is 13.8 Å². The molecule has 1 aliphatic carbocycles. The summed E-state index contributed by atoms with van der Waals surface area (Å²) in [6, 6.07) is 4.44. The van der Waals surface area contributed by atoms with Gasteiger partial charge in [-0.2, -0.15) is 0 Å². The van der Waals surface area contributed by atoms with E-state index in [0.29, 0.717) is 12.0 Å². The van der Waals surface area contributed by atoms with E-state index in [2.05, 4.69) is 0 Å². The highest BCUT2D eigenvalue weighted by Gasteiger charge is 2.30. The second kappa shape index (κ2) is 2.91. The highest BCUT2D eigenvalue weighted by molar-refractivity contribution is 5.99. The number of ketones is 1. The predicted octanol–water partition coefficient (Wildman–Crippen LogP) is 2.98. The maximum atomic E-state index is 13.0. The molecule has 0 spiro atoms. The van der Waals surface area contributed by atoms with E-state index in [1.807, 2.05) is 13.8 Å². The SMILES string of the molecule is CC1(C)CC(=O)c2ccc(F)cc2C1. The van der Waals surface area contributed by atoms with Crippen molar-refractivity contribution in [2.75, 3.05) is 0 Å². The molecule has 1 aromatic carbocycles. The van der Waals surface area contributed by atoms with Crippen LogP contribution in [0.25, 0.3) is 0 Å². The first-order valence-electron chi connectivity index (χ1n) is 4.80. The minimum Gasteiger partial charge on any atom is -0.294 e. The minimum absolute atomic E-state index is 0.0299. The third-order valence-corrected chi connectivity index (χ3v) is 2.68. The van der Waals surface area contributed by atoms with E-state index >= 15 is 0 Å². The zero-order valence-corrected chi connectivity index (χ0v) is 8.43. The van der Waals surface area contributed by atoms with Crippen LogP contribution < -0.4 is 0 Å². The van der Waals surface area contributed by atoms with Crippen molar-refractivity contribution >= 4 is 5.78 Å². The van der Waals surface area contributed by atoms with Gasteiger partial charge in [0.05, 0.1) is 0 Å². The predicted molar refractivity (Wildman–Crippen MR) is 52.8 cm³/mol. The van der Waals surface area contributed by atoms with Crippen molar-refractivity contribution in [2.24, 2.45) is 5.41 Å². The fourth-order valence-corrected chi connectivity index (χ4v) is 2.09. The molecule has 1 aromatic rings. The second-order valence-corrected chi connectivity index (χ2v) is 4.74. The second-order valence-electron chi connectivity index (χ2n) is 4.74. The van der Waals surface area contributed by atoms with Crippen LogP contribution >= 0.6 is 0 Å². The molecule has 0 aromatic heterocycles. The molecule has 0 radical (unpaired) electrons. The minimum atomic E-state index is -0.255. The van der Waals surface area contributed by atoms with Crippen LogP contribution in [0, 0.1) is 11.2 Å². The molecule has 0 amide bonds. The van der Waals surface area contributed by atoms with Gasteiger partial charge in [0.15, 0.2) is 5.78 Å². The van der Waals surface area contributed by atoms with Crippen molar-refractivity contribution < 1.29 is 9.18 Å². The molecule has 74 valence electrons. The fraction of sp³-hybridized carbons (Fsp3) is 0.417. The van der Waals surface area contributed by atoms with Gasteiger partial charge in [-0.3, -0.25) is 4.79 Å². The van der Waals surface area contributed by atoms with Gasteiger partial charge in [-0.15, -0.1) is 0 Å². The number of halogens is 1. The first-order valence-corrected chi connectivity index (χ1v) is 4.80. The quantitative estimate of drug-likeness (QED) is 0.617. The first kappa shape index (κ1) is 9.38. The average molecular weight is 192 g/mol. The summed E-state index contributed by atoms with van der Waals surface area (Å²) < 4.78 is 13.0. The molecular formula is C12H13FO. The number of hydrogen-bond donors (Lipinski definition) is 0. The number of fused-ring (bicyclic) bond motifs is 1. The number of hydrogen-bond acceptors (Lipinski definition) is 1. The Balaban J connectivity index is 2.51. The zero-order chi connectivity index (χ0) is 10.3. The van der Waals surface area contributed by atoms with Gasteiger partial charge in [0.25, 0.3) is 0 Å². The largest absolute Gasteiger partial charge is 0.294 e. The van der Waals surface area contributed by atoms with E-state index in [9.17, 15) is 9.18 Å². The van der Waals surface area contributed by atoms with Crippen molar-refractivity contribution in [3.63, 3.8) is 0 Å². The van der Waals surface area contributed by atoms with E-state index in [0.717, 1.165) is 12.0 Å². The van der Waals surface area contributed by atoms with Crippen LogP contribution in [0.3, 0.4) is 0 Å². The van der Waals surface area contributed by atoms with E-state index in [1.165, 1.54) is 12.1 Å². The number of carbonyl (C=O) groups is 1. The molecule has 0 bridgehead atoms. The lowest BCUT2D eigenvalue weighted by atomic mass is 9.74. The summed E-state index contributed by atoms with van der Waals surface area (Å²) in [4.78, 5) is 11.7. The number of Topliss-reactive ketones (excluding diaryl/α,β-unsaturated/α-hetero) is 1. The molecule has 1 aliphatic rings. The topological polar surface area (TPSA) is 17.1 Å². The van der Waals surface area contributed by atoms with Crippen molar-refractivity contribution in [1.82, 2.24) is 0 Å². The normalized spacial score (nSPS) is 19.2. The molecule has 0 N–H and O–H groups in total. The smallest absolute Gasteiger partial charge is 0.163 e. The Bertz CT molecular complexity index is 393. The molecule has 0 aliphatic heterocycles. The van der Waals surface area contributed by atoms with E-state index in [4.69, 9.17) is 0 Å².